The average molecular weight is 290 g/mol. The summed E-state index contributed by atoms with van der Waals surface area (Å²) >= 11 is 0. The highest BCUT2D eigenvalue weighted by Crippen LogP contribution is 2.46. The molecule has 1 N–H and O–H groups in total. The lowest BCUT2D eigenvalue weighted by molar-refractivity contribution is 0.0781. The van der Waals surface area contributed by atoms with Crippen LogP contribution in [0.1, 0.15) is 55.7 Å². The molecule has 0 aromatic heterocycles. The lowest BCUT2D eigenvalue weighted by Gasteiger charge is -2.45. The number of likely N-dealkylation sites (N-methyl/N-ethyl adjacent to an activating group) is 1. The third kappa shape index (κ3) is 2.62. The van der Waals surface area contributed by atoms with Gasteiger partial charge >= 0.3 is 0 Å². The Hall–Kier alpha value is -0.930. The van der Waals surface area contributed by atoms with Crippen molar-refractivity contribution in [3.8, 4) is 0 Å². The molecule has 1 unspecified atom stereocenters. The highest BCUT2D eigenvalue weighted by Gasteiger charge is 2.47. The summed E-state index contributed by atoms with van der Waals surface area (Å²) in [7, 11) is 1.99. The van der Waals surface area contributed by atoms with Crippen LogP contribution in [-0.2, 0) is 0 Å². The first kappa shape index (κ1) is 15.0. The summed E-state index contributed by atoms with van der Waals surface area (Å²) in [4.78, 5) is 2.64. The number of rotatable bonds is 4. The molecule has 2 nitrogen and oxygen atoms in total. The van der Waals surface area contributed by atoms with E-state index in [2.05, 4.69) is 10.2 Å². The minimum atomic E-state index is -0.0644. The third-order valence-electron chi connectivity index (χ3n) is 5.49. The maximum absolute atomic E-state index is 14.5. The number of hydrogen-bond donors (Lipinski definition) is 1. The molecule has 0 spiro atoms. The molecule has 116 valence electrons. The van der Waals surface area contributed by atoms with Gasteiger partial charge in [0.15, 0.2) is 0 Å². The van der Waals surface area contributed by atoms with Crippen molar-refractivity contribution in [1.82, 2.24) is 10.2 Å². The molecule has 21 heavy (non-hydrogen) atoms. The Balaban J connectivity index is 2.01. The Morgan fingerprint density at radius 3 is 2.43 bits per heavy atom. The maximum Gasteiger partial charge on any atom is 0.128 e. The van der Waals surface area contributed by atoms with E-state index in [-0.39, 0.29) is 17.4 Å². The van der Waals surface area contributed by atoms with Gasteiger partial charge in [0.1, 0.15) is 5.82 Å². The molecule has 0 amide bonds. The van der Waals surface area contributed by atoms with Crippen LogP contribution in [0.2, 0.25) is 0 Å². The summed E-state index contributed by atoms with van der Waals surface area (Å²) in [6.45, 7) is 4.39. The van der Waals surface area contributed by atoms with E-state index in [0.717, 1.165) is 11.1 Å². The Morgan fingerprint density at radius 1 is 1.14 bits per heavy atom. The summed E-state index contributed by atoms with van der Waals surface area (Å²) in [6, 6.07) is 5.62. The van der Waals surface area contributed by atoms with E-state index in [1.807, 2.05) is 26.1 Å². The first-order valence-corrected chi connectivity index (χ1v) is 8.36. The largest absolute Gasteiger partial charge is 0.311 e. The van der Waals surface area contributed by atoms with Gasteiger partial charge in [0, 0.05) is 11.1 Å². The van der Waals surface area contributed by atoms with Crippen LogP contribution in [0.3, 0.4) is 0 Å². The molecule has 1 heterocycles. The van der Waals surface area contributed by atoms with Crippen molar-refractivity contribution in [2.45, 2.75) is 57.0 Å². The maximum atomic E-state index is 14.5. The van der Waals surface area contributed by atoms with Gasteiger partial charge in [0.25, 0.3) is 0 Å². The van der Waals surface area contributed by atoms with Crippen molar-refractivity contribution in [2.75, 3.05) is 20.1 Å². The van der Waals surface area contributed by atoms with Gasteiger partial charge < -0.3 is 5.32 Å². The number of hydrogen-bond acceptors (Lipinski definition) is 2. The minimum absolute atomic E-state index is 0.0644. The Labute approximate surface area is 127 Å². The van der Waals surface area contributed by atoms with Crippen molar-refractivity contribution in [2.24, 2.45) is 0 Å². The zero-order valence-corrected chi connectivity index (χ0v) is 13.3. The zero-order chi connectivity index (χ0) is 14.9. The first-order valence-electron chi connectivity index (χ1n) is 8.36. The molecule has 2 fully saturated rings. The lowest BCUT2D eigenvalue weighted by Crippen LogP contribution is -2.53. The summed E-state index contributed by atoms with van der Waals surface area (Å²) in [5.74, 6) is -0.0644. The second-order valence-corrected chi connectivity index (χ2v) is 6.75. The van der Waals surface area contributed by atoms with Gasteiger partial charge in [-0.15, -0.1) is 0 Å². The van der Waals surface area contributed by atoms with E-state index in [0.29, 0.717) is 0 Å². The summed E-state index contributed by atoms with van der Waals surface area (Å²) in [5.41, 5.74) is 2.10. The van der Waals surface area contributed by atoms with E-state index < -0.39 is 0 Å². The molecule has 0 radical (unpaired) electrons. The van der Waals surface area contributed by atoms with Crippen LogP contribution in [0, 0.1) is 12.7 Å². The second-order valence-electron chi connectivity index (χ2n) is 6.75. The molecule has 1 saturated heterocycles. The van der Waals surface area contributed by atoms with Gasteiger partial charge in [0.2, 0.25) is 0 Å². The summed E-state index contributed by atoms with van der Waals surface area (Å²) in [6.07, 6.45) is 7.48. The number of nitrogens with one attached hydrogen (secondary N) is 1. The molecule has 1 aromatic rings. The summed E-state index contributed by atoms with van der Waals surface area (Å²) in [5, 5.41) is 3.46. The first-order chi connectivity index (χ1) is 10.2. The quantitative estimate of drug-likeness (QED) is 0.907. The van der Waals surface area contributed by atoms with Crippen molar-refractivity contribution in [3.05, 3.63) is 35.1 Å². The standard InChI is InChI=1S/C18H27FN2/c1-14-7-8-16(19)15(13-14)17(20-2)18(9-3-4-10-18)21-11-5-6-12-21/h7-8,13,17,20H,3-6,9-12H2,1-2H3. The fourth-order valence-corrected chi connectivity index (χ4v) is 4.54. The fraction of sp³-hybridized carbons (Fsp3) is 0.667. The molecule has 3 heteroatoms. The molecular weight excluding hydrogens is 263 g/mol. The van der Waals surface area contributed by atoms with E-state index in [1.165, 1.54) is 51.6 Å². The van der Waals surface area contributed by atoms with Crippen LogP contribution < -0.4 is 5.32 Å². The predicted molar refractivity (Wildman–Crippen MR) is 84.9 cm³/mol. The van der Waals surface area contributed by atoms with Gasteiger partial charge in [0.05, 0.1) is 6.04 Å². The number of likely N-dealkylation sites (tertiary alicyclic amines) is 1. The van der Waals surface area contributed by atoms with Crippen molar-refractivity contribution in [3.63, 3.8) is 0 Å². The highest BCUT2D eigenvalue weighted by atomic mass is 19.1. The molecule has 2 aliphatic rings. The van der Waals surface area contributed by atoms with Crippen molar-refractivity contribution in [1.29, 1.82) is 0 Å². The molecule has 1 atom stereocenters. The molecule has 1 aliphatic heterocycles. The van der Waals surface area contributed by atoms with Crippen LogP contribution in [0.25, 0.3) is 0 Å². The third-order valence-corrected chi connectivity index (χ3v) is 5.49. The van der Waals surface area contributed by atoms with Crippen molar-refractivity contribution < 1.29 is 4.39 Å². The van der Waals surface area contributed by atoms with E-state index >= 15 is 0 Å². The van der Waals surface area contributed by atoms with Gasteiger partial charge in [-0.05, 0) is 58.8 Å². The topological polar surface area (TPSA) is 15.3 Å². The van der Waals surface area contributed by atoms with Crippen molar-refractivity contribution >= 4 is 0 Å². The summed E-state index contributed by atoms with van der Waals surface area (Å²) < 4.78 is 14.5. The van der Waals surface area contributed by atoms with Gasteiger partial charge in [-0.1, -0.05) is 30.5 Å². The molecule has 1 aliphatic carbocycles. The Morgan fingerprint density at radius 2 is 1.81 bits per heavy atom. The van der Waals surface area contributed by atoms with Gasteiger partial charge in [-0.2, -0.15) is 0 Å². The Bertz CT molecular complexity index is 488. The molecule has 3 rings (SSSR count). The van der Waals surface area contributed by atoms with E-state index in [1.54, 1.807) is 6.07 Å². The van der Waals surface area contributed by atoms with Crippen LogP contribution >= 0.6 is 0 Å². The number of aryl methyl sites for hydroxylation is 1. The predicted octanol–water partition coefficient (Wildman–Crippen LogP) is 3.80. The zero-order valence-electron chi connectivity index (χ0n) is 13.3. The van der Waals surface area contributed by atoms with Crippen LogP contribution in [0.15, 0.2) is 18.2 Å². The van der Waals surface area contributed by atoms with Gasteiger partial charge in [-0.25, -0.2) is 4.39 Å². The second kappa shape index (κ2) is 6.05. The van der Waals surface area contributed by atoms with E-state index in [9.17, 15) is 4.39 Å². The fourth-order valence-electron chi connectivity index (χ4n) is 4.54. The lowest BCUT2D eigenvalue weighted by atomic mass is 9.81. The molecule has 0 bridgehead atoms. The molecule has 1 aromatic carbocycles. The van der Waals surface area contributed by atoms with Crippen LogP contribution in [0.4, 0.5) is 4.39 Å². The number of halogens is 1. The Kier molecular flexibility index (Phi) is 4.32. The van der Waals surface area contributed by atoms with Crippen LogP contribution in [-0.4, -0.2) is 30.6 Å². The normalized spacial score (nSPS) is 23.6. The van der Waals surface area contributed by atoms with E-state index in [4.69, 9.17) is 0 Å². The number of benzene rings is 1. The number of nitrogens with zero attached hydrogens (tertiary/aromatic N) is 1. The highest BCUT2D eigenvalue weighted by molar-refractivity contribution is 5.30. The van der Waals surface area contributed by atoms with Crippen LogP contribution in [0.5, 0.6) is 0 Å². The average Bonchev–Trinajstić information content (AvgIpc) is 3.14. The monoisotopic (exact) mass is 290 g/mol. The van der Waals surface area contributed by atoms with Gasteiger partial charge in [-0.3, -0.25) is 4.90 Å². The smallest absolute Gasteiger partial charge is 0.128 e. The SMILES string of the molecule is CNC(c1cc(C)ccc1F)C1(N2CCCC2)CCCC1. The minimum Gasteiger partial charge on any atom is -0.311 e. The molecular formula is C18H27FN2. The molecule has 1 saturated carbocycles.